The third kappa shape index (κ3) is 2.15. The van der Waals surface area contributed by atoms with E-state index in [0.717, 1.165) is 10.8 Å². The van der Waals surface area contributed by atoms with Gasteiger partial charge in [-0.05, 0) is 46.7 Å². The summed E-state index contributed by atoms with van der Waals surface area (Å²) in [6.45, 7) is 0. The molecule has 0 N–H and O–H groups in total. The van der Waals surface area contributed by atoms with Crippen molar-refractivity contribution in [2.75, 3.05) is 0 Å². The topological polar surface area (TPSA) is 23.8 Å². The Balaban J connectivity index is 2.29. The van der Waals surface area contributed by atoms with Crippen LogP contribution in [0.25, 0.3) is 21.9 Å². The zero-order valence-corrected chi connectivity index (χ0v) is 11.4. The van der Waals surface area contributed by atoms with E-state index in [-0.39, 0.29) is 5.82 Å². The number of nitriles is 1. The van der Waals surface area contributed by atoms with Crippen LogP contribution in [0.1, 0.15) is 5.56 Å². The van der Waals surface area contributed by atoms with Gasteiger partial charge in [0.05, 0.1) is 11.6 Å². The number of halogens is 1. The van der Waals surface area contributed by atoms with Crippen molar-refractivity contribution in [3.05, 3.63) is 66.0 Å². The summed E-state index contributed by atoms with van der Waals surface area (Å²) in [5.41, 5.74) is 1.53. The van der Waals surface area contributed by atoms with Gasteiger partial charge in [0.25, 0.3) is 0 Å². The fourth-order valence-corrected chi connectivity index (χ4v) is 2.57. The van der Waals surface area contributed by atoms with E-state index in [9.17, 15) is 4.39 Å². The summed E-state index contributed by atoms with van der Waals surface area (Å²) in [6, 6.07) is 18.0. The van der Waals surface area contributed by atoms with Crippen molar-refractivity contribution < 1.29 is 4.39 Å². The van der Waals surface area contributed by atoms with Crippen molar-refractivity contribution in [3.8, 4) is 17.2 Å². The van der Waals surface area contributed by atoms with E-state index in [1.807, 2.05) is 42.5 Å². The highest BCUT2D eigenvalue weighted by molar-refractivity contribution is 7.80. The normalized spacial score (nSPS) is 10.4. The summed E-state index contributed by atoms with van der Waals surface area (Å²) >= 11 is 4.45. The average Bonchev–Trinajstić information content (AvgIpc) is 2.47. The third-order valence-corrected chi connectivity index (χ3v) is 3.62. The largest absolute Gasteiger partial charge is 0.206 e. The van der Waals surface area contributed by atoms with Crippen molar-refractivity contribution in [2.45, 2.75) is 4.90 Å². The van der Waals surface area contributed by atoms with Gasteiger partial charge in [0.2, 0.25) is 0 Å². The third-order valence-electron chi connectivity index (χ3n) is 3.25. The Labute approximate surface area is 121 Å². The second kappa shape index (κ2) is 4.99. The van der Waals surface area contributed by atoms with Crippen molar-refractivity contribution in [2.24, 2.45) is 0 Å². The van der Waals surface area contributed by atoms with E-state index in [0.29, 0.717) is 21.6 Å². The lowest BCUT2D eigenvalue weighted by Gasteiger charge is -2.09. The predicted octanol–water partition coefficient (Wildman–Crippen LogP) is 4.81. The molecular formula is C17H10FNS. The lowest BCUT2D eigenvalue weighted by molar-refractivity contribution is 0.631. The van der Waals surface area contributed by atoms with E-state index >= 15 is 0 Å². The molecule has 96 valence electrons. The van der Waals surface area contributed by atoms with Crippen LogP contribution in [0.5, 0.6) is 0 Å². The summed E-state index contributed by atoms with van der Waals surface area (Å²) in [7, 11) is 0. The summed E-state index contributed by atoms with van der Waals surface area (Å²) < 4.78 is 14.0. The number of benzene rings is 3. The number of thiol groups is 1. The molecule has 0 aliphatic rings. The minimum atomic E-state index is -0.352. The molecule has 3 aromatic rings. The van der Waals surface area contributed by atoms with E-state index < -0.39 is 0 Å². The van der Waals surface area contributed by atoms with Gasteiger partial charge in [-0.3, -0.25) is 0 Å². The lowest BCUT2D eigenvalue weighted by Crippen LogP contribution is -1.88. The molecule has 0 unspecified atom stereocenters. The molecule has 3 rings (SSSR count). The quantitative estimate of drug-likeness (QED) is 0.635. The van der Waals surface area contributed by atoms with Crippen molar-refractivity contribution in [1.82, 2.24) is 0 Å². The molecule has 0 amide bonds. The first-order chi connectivity index (χ1) is 9.69. The van der Waals surface area contributed by atoms with Gasteiger partial charge < -0.3 is 0 Å². The summed E-state index contributed by atoms with van der Waals surface area (Å²) in [6.07, 6.45) is 0. The van der Waals surface area contributed by atoms with E-state index in [1.54, 1.807) is 6.07 Å². The van der Waals surface area contributed by atoms with Crippen LogP contribution in [0.3, 0.4) is 0 Å². The van der Waals surface area contributed by atoms with Crippen molar-refractivity contribution in [3.63, 3.8) is 0 Å². The van der Waals surface area contributed by atoms with Crippen LogP contribution in [0.4, 0.5) is 4.39 Å². The maximum absolute atomic E-state index is 14.0. The first-order valence-electron chi connectivity index (χ1n) is 6.11. The van der Waals surface area contributed by atoms with Crippen LogP contribution in [-0.2, 0) is 0 Å². The van der Waals surface area contributed by atoms with Gasteiger partial charge in [-0.2, -0.15) is 5.26 Å². The molecule has 20 heavy (non-hydrogen) atoms. The molecule has 0 spiro atoms. The second-order valence-corrected chi connectivity index (χ2v) is 5.00. The molecule has 0 fully saturated rings. The molecule has 0 heterocycles. The van der Waals surface area contributed by atoms with Gasteiger partial charge in [0.1, 0.15) is 5.82 Å². The molecule has 0 saturated carbocycles. The molecule has 0 atom stereocenters. The summed E-state index contributed by atoms with van der Waals surface area (Å²) in [5, 5.41) is 11.0. The van der Waals surface area contributed by atoms with E-state index in [4.69, 9.17) is 5.26 Å². The summed E-state index contributed by atoms with van der Waals surface area (Å²) in [4.78, 5) is 0.692. The molecule has 0 aromatic heterocycles. The zero-order chi connectivity index (χ0) is 14.1. The molecule has 3 heteroatoms. The highest BCUT2D eigenvalue weighted by atomic mass is 32.1. The molecule has 1 nitrogen and oxygen atoms in total. The molecular weight excluding hydrogens is 269 g/mol. The van der Waals surface area contributed by atoms with Gasteiger partial charge in [-0.15, -0.1) is 12.6 Å². The van der Waals surface area contributed by atoms with Crippen LogP contribution >= 0.6 is 12.6 Å². The van der Waals surface area contributed by atoms with Crippen LogP contribution < -0.4 is 0 Å². The first kappa shape index (κ1) is 12.7. The van der Waals surface area contributed by atoms with Crippen molar-refractivity contribution in [1.29, 1.82) is 5.26 Å². The standard InChI is InChI=1S/C17H10FNS/c18-16-6-5-11(10-19)7-14(16)15-8-12-3-1-2-4-13(12)9-17(15)20/h1-9,20H. The van der Waals surface area contributed by atoms with Crippen LogP contribution in [0, 0.1) is 17.1 Å². The molecule has 0 aliphatic carbocycles. The fraction of sp³-hybridized carbons (Fsp3) is 0. The first-order valence-corrected chi connectivity index (χ1v) is 6.55. The molecule has 0 aliphatic heterocycles. The van der Waals surface area contributed by atoms with Gasteiger partial charge in [0.15, 0.2) is 0 Å². The van der Waals surface area contributed by atoms with Gasteiger partial charge in [0, 0.05) is 10.5 Å². The Morgan fingerprint density at radius 1 is 0.900 bits per heavy atom. The molecule has 0 bridgehead atoms. The number of fused-ring (bicyclic) bond motifs is 1. The van der Waals surface area contributed by atoms with Gasteiger partial charge in [-0.1, -0.05) is 24.3 Å². The Morgan fingerprint density at radius 2 is 1.60 bits per heavy atom. The second-order valence-electron chi connectivity index (χ2n) is 4.52. The average molecular weight is 279 g/mol. The minimum Gasteiger partial charge on any atom is -0.206 e. The van der Waals surface area contributed by atoms with E-state index in [1.165, 1.54) is 12.1 Å². The van der Waals surface area contributed by atoms with Crippen LogP contribution in [0.15, 0.2) is 59.5 Å². The highest BCUT2D eigenvalue weighted by Crippen LogP contribution is 2.33. The Morgan fingerprint density at radius 3 is 2.30 bits per heavy atom. The number of hydrogen-bond acceptors (Lipinski definition) is 2. The van der Waals surface area contributed by atoms with Crippen LogP contribution in [0.2, 0.25) is 0 Å². The Hall–Kier alpha value is -2.31. The van der Waals surface area contributed by atoms with Gasteiger partial charge >= 0.3 is 0 Å². The molecule has 0 saturated heterocycles. The Bertz CT molecular complexity index is 849. The molecule has 0 radical (unpaired) electrons. The fourth-order valence-electron chi connectivity index (χ4n) is 2.25. The smallest absolute Gasteiger partial charge is 0.131 e. The maximum Gasteiger partial charge on any atom is 0.131 e. The maximum atomic E-state index is 14.0. The van der Waals surface area contributed by atoms with E-state index in [2.05, 4.69) is 12.6 Å². The summed E-state index contributed by atoms with van der Waals surface area (Å²) in [5.74, 6) is -0.352. The predicted molar refractivity (Wildman–Crippen MR) is 81.3 cm³/mol. The number of hydrogen-bond donors (Lipinski definition) is 1. The molecule has 3 aromatic carbocycles. The zero-order valence-electron chi connectivity index (χ0n) is 10.5. The van der Waals surface area contributed by atoms with Crippen molar-refractivity contribution >= 4 is 23.4 Å². The SMILES string of the molecule is N#Cc1ccc(F)c(-c2cc3ccccc3cc2S)c1. The minimum absolute atomic E-state index is 0.352. The monoisotopic (exact) mass is 279 g/mol. The number of rotatable bonds is 1. The van der Waals surface area contributed by atoms with Gasteiger partial charge in [-0.25, -0.2) is 4.39 Å². The highest BCUT2D eigenvalue weighted by Gasteiger charge is 2.10. The lowest BCUT2D eigenvalue weighted by atomic mass is 9.99. The number of nitrogens with zero attached hydrogens (tertiary/aromatic N) is 1. The van der Waals surface area contributed by atoms with Crippen LogP contribution in [-0.4, -0.2) is 0 Å². The Kier molecular flexibility index (Phi) is 3.17.